The highest BCUT2D eigenvalue weighted by atomic mass is 32.1. The Balaban J connectivity index is 2.35. The van der Waals surface area contributed by atoms with Gasteiger partial charge in [0.1, 0.15) is 0 Å². The standard InChI is InChI=1S/C6H7NS/c8-6-4-1-2-5(3-4)7-6/h1-2,4-5H,3H2,(H,7,8)/t4-,5-/m1/s1. The third-order valence-electron chi connectivity index (χ3n) is 1.75. The molecule has 2 atom stereocenters. The van der Waals surface area contributed by atoms with Crippen molar-refractivity contribution in [2.45, 2.75) is 12.5 Å². The zero-order valence-electron chi connectivity index (χ0n) is 4.42. The van der Waals surface area contributed by atoms with Gasteiger partial charge in [0.2, 0.25) is 0 Å². The second kappa shape index (κ2) is 1.32. The summed E-state index contributed by atoms with van der Waals surface area (Å²) in [5.74, 6) is 0.579. The van der Waals surface area contributed by atoms with E-state index in [4.69, 9.17) is 12.2 Å². The van der Waals surface area contributed by atoms with Crippen molar-refractivity contribution in [2.24, 2.45) is 5.92 Å². The number of fused-ring (bicyclic) bond motifs is 2. The third kappa shape index (κ3) is 0.436. The number of hydrogen-bond acceptors (Lipinski definition) is 1. The lowest BCUT2D eigenvalue weighted by molar-refractivity contribution is 0.755. The monoisotopic (exact) mass is 125 g/mol. The van der Waals surface area contributed by atoms with E-state index in [-0.39, 0.29) is 0 Å². The van der Waals surface area contributed by atoms with Gasteiger partial charge in [-0.1, -0.05) is 24.4 Å². The number of rotatable bonds is 0. The molecule has 0 saturated carbocycles. The van der Waals surface area contributed by atoms with Gasteiger partial charge in [0.05, 0.1) is 4.99 Å². The van der Waals surface area contributed by atoms with Gasteiger partial charge in [-0.2, -0.15) is 0 Å². The van der Waals surface area contributed by atoms with E-state index >= 15 is 0 Å². The summed E-state index contributed by atoms with van der Waals surface area (Å²) in [6.45, 7) is 0. The molecule has 1 aliphatic heterocycles. The Morgan fingerprint density at radius 3 is 2.75 bits per heavy atom. The lowest BCUT2D eigenvalue weighted by atomic mass is 10.2. The van der Waals surface area contributed by atoms with Crippen LogP contribution in [0.15, 0.2) is 12.2 Å². The van der Waals surface area contributed by atoms with Crippen LogP contribution in [0, 0.1) is 5.92 Å². The van der Waals surface area contributed by atoms with Crippen molar-refractivity contribution < 1.29 is 0 Å². The summed E-state index contributed by atoms with van der Waals surface area (Å²) in [6.07, 6.45) is 5.60. The van der Waals surface area contributed by atoms with Crippen LogP contribution in [0.1, 0.15) is 6.42 Å². The summed E-state index contributed by atoms with van der Waals surface area (Å²) in [7, 11) is 0. The summed E-state index contributed by atoms with van der Waals surface area (Å²) < 4.78 is 0. The van der Waals surface area contributed by atoms with Crippen molar-refractivity contribution in [1.29, 1.82) is 0 Å². The first kappa shape index (κ1) is 4.50. The number of nitrogens with one attached hydrogen (secondary N) is 1. The van der Waals surface area contributed by atoms with Crippen molar-refractivity contribution >= 4 is 17.2 Å². The van der Waals surface area contributed by atoms with Crippen LogP contribution in [0.4, 0.5) is 0 Å². The molecule has 0 aromatic heterocycles. The Morgan fingerprint density at radius 1 is 1.62 bits per heavy atom. The molecule has 1 N–H and O–H groups in total. The van der Waals surface area contributed by atoms with Crippen molar-refractivity contribution in [1.82, 2.24) is 5.32 Å². The van der Waals surface area contributed by atoms with Gasteiger partial charge in [0.15, 0.2) is 0 Å². The van der Waals surface area contributed by atoms with Gasteiger partial charge in [-0.05, 0) is 6.42 Å². The molecule has 2 rings (SSSR count). The van der Waals surface area contributed by atoms with Gasteiger partial charge in [-0.3, -0.25) is 0 Å². The normalized spacial score (nSPS) is 40.8. The van der Waals surface area contributed by atoms with Crippen molar-refractivity contribution in [3.05, 3.63) is 12.2 Å². The van der Waals surface area contributed by atoms with Crippen molar-refractivity contribution in [3.8, 4) is 0 Å². The van der Waals surface area contributed by atoms with Crippen LogP contribution in [0.25, 0.3) is 0 Å². The second-order valence-electron chi connectivity index (χ2n) is 2.34. The van der Waals surface area contributed by atoms with Crippen LogP contribution in [0.5, 0.6) is 0 Å². The highest BCUT2D eigenvalue weighted by molar-refractivity contribution is 7.80. The largest absolute Gasteiger partial charge is 0.373 e. The van der Waals surface area contributed by atoms with Crippen LogP contribution in [-0.2, 0) is 0 Å². The first-order valence-corrected chi connectivity index (χ1v) is 3.26. The van der Waals surface area contributed by atoms with E-state index < -0.39 is 0 Å². The SMILES string of the molecule is S=C1N[C@@H]2C=C[C@@H]1C2. The van der Waals surface area contributed by atoms with Gasteiger partial charge < -0.3 is 5.32 Å². The molecule has 0 aromatic carbocycles. The fourth-order valence-corrected chi connectivity index (χ4v) is 1.62. The van der Waals surface area contributed by atoms with E-state index in [2.05, 4.69) is 17.5 Å². The number of thiocarbonyl (C=S) groups is 1. The molecule has 0 spiro atoms. The van der Waals surface area contributed by atoms with Crippen molar-refractivity contribution in [2.75, 3.05) is 0 Å². The smallest absolute Gasteiger partial charge is 0.0828 e. The zero-order valence-corrected chi connectivity index (χ0v) is 5.24. The minimum Gasteiger partial charge on any atom is -0.373 e. The fourth-order valence-electron chi connectivity index (χ4n) is 1.29. The summed E-state index contributed by atoms with van der Waals surface area (Å²) in [4.78, 5) is 1.04. The molecule has 1 aliphatic carbocycles. The molecule has 1 fully saturated rings. The average molecular weight is 125 g/mol. The van der Waals surface area contributed by atoms with Crippen LogP contribution in [0.3, 0.4) is 0 Å². The van der Waals surface area contributed by atoms with E-state index in [9.17, 15) is 0 Å². The van der Waals surface area contributed by atoms with Gasteiger partial charge in [0, 0.05) is 12.0 Å². The lowest BCUT2D eigenvalue weighted by Gasteiger charge is -2.05. The first-order valence-electron chi connectivity index (χ1n) is 2.85. The van der Waals surface area contributed by atoms with E-state index in [0.29, 0.717) is 12.0 Å². The van der Waals surface area contributed by atoms with E-state index in [0.717, 1.165) is 4.99 Å². The van der Waals surface area contributed by atoms with Gasteiger partial charge in [-0.25, -0.2) is 0 Å². The molecule has 1 heterocycles. The van der Waals surface area contributed by atoms with Crippen LogP contribution < -0.4 is 5.32 Å². The fraction of sp³-hybridized carbons (Fsp3) is 0.500. The zero-order chi connectivity index (χ0) is 5.56. The minimum atomic E-state index is 0.576. The van der Waals surface area contributed by atoms with Crippen LogP contribution in [-0.4, -0.2) is 11.0 Å². The first-order chi connectivity index (χ1) is 3.86. The van der Waals surface area contributed by atoms with E-state index in [1.165, 1.54) is 6.42 Å². The van der Waals surface area contributed by atoms with E-state index in [1.807, 2.05) is 0 Å². The van der Waals surface area contributed by atoms with Crippen molar-refractivity contribution in [3.63, 3.8) is 0 Å². The Labute approximate surface area is 53.8 Å². The summed E-state index contributed by atoms with van der Waals surface area (Å²) in [6, 6.07) is 0.576. The predicted molar refractivity (Wildman–Crippen MR) is 36.8 cm³/mol. The van der Waals surface area contributed by atoms with Gasteiger partial charge >= 0.3 is 0 Å². The molecule has 1 nitrogen and oxygen atoms in total. The maximum Gasteiger partial charge on any atom is 0.0828 e. The average Bonchev–Trinajstić information content (AvgIpc) is 2.23. The highest BCUT2D eigenvalue weighted by Crippen LogP contribution is 2.25. The molecule has 2 heteroatoms. The highest BCUT2D eigenvalue weighted by Gasteiger charge is 2.29. The number of hydrogen-bond donors (Lipinski definition) is 1. The molecule has 1 saturated heterocycles. The van der Waals surface area contributed by atoms with E-state index in [1.54, 1.807) is 0 Å². The molecule has 0 aromatic rings. The third-order valence-corrected chi connectivity index (χ3v) is 2.17. The molecule has 0 amide bonds. The molecule has 2 aliphatic rings. The minimum absolute atomic E-state index is 0.576. The molecule has 2 bridgehead atoms. The Kier molecular flexibility index (Phi) is 0.742. The maximum absolute atomic E-state index is 5.01. The maximum atomic E-state index is 5.01. The molecular formula is C6H7NS. The second-order valence-corrected chi connectivity index (χ2v) is 2.78. The van der Waals surface area contributed by atoms with Gasteiger partial charge in [0.25, 0.3) is 0 Å². The van der Waals surface area contributed by atoms with Crippen LogP contribution >= 0.6 is 12.2 Å². The predicted octanol–water partition coefficient (Wildman–Crippen LogP) is 0.862. The molecule has 8 heavy (non-hydrogen) atoms. The summed E-state index contributed by atoms with van der Waals surface area (Å²) in [5, 5.41) is 3.20. The Morgan fingerprint density at radius 2 is 2.50 bits per heavy atom. The Bertz CT molecular complexity index is 162. The molecule has 0 unspecified atom stereocenters. The Hall–Kier alpha value is -0.370. The quantitative estimate of drug-likeness (QED) is 0.380. The van der Waals surface area contributed by atoms with Gasteiger partial charge in [-0.15, -0.1) is 0 Å². The topological polar surface area (TPSA) is 12.0 Å². The molecule has 0 radical (unpaired) electrons. The van der Waals surface area contributed by atoms with Crippen LogP contribution in [0.2, 0.25) is 0 Å². The summed E-state index contributed by atoms with van der Waals surface area (Å²) >= 11 is 5.01. The molecule has 42 valence electrons. The summed E-state index contributed by atoms with van der Waals surface area (Å²) in [5.41, 5.74) is 0. The lowest BCUT2D eigenvalue weighted by Crippen LogP contribution is -2.25. The molecular weight excluding hydrogens is 118 g/mol.